The van der Waals surface area contributed by atoms with Gasteiger partial charge >= 0.3 is 5.97 Å². The van der Waals surface area contributed by atoms with E-state index in [-0.39, 0.29) is 0 Å². The molecule has 1 heterocycles. The second-order valence-electron chi connectivity index (χ2n) is 3.10. The zero-order valence-electron chi connectivity index (χ0n) is 7.87. The third-order valence-electron chi connectivity index (χ3n) is 1.95. The summed E-state index contributed by atoms with van der Waals surface area (Å²) in [5, 5.41) is 8.71. The van der Waals surface area contributed by atoms with Crippen LogP contribution in [-0.4, -0.2) is 21.0 Å². The van der Waals surface area contributed by atoms with Crippen LogP contribution in [0.5, 0.6) is 0 Å². The van der Waals surface area contributed by atoms with Gasteiger partial charge in [-0.2, -0.15) is 0 Å². The van der Waals surface area contributed by atoms with Gasteiger partial charge in [0.15, 0.2) is 0 Å². The molecule has 1 unspecified atom stereocenters. The predicted molar refractivity (Wildman–Crippen MR) is 48.6 cm³/mol. The minimum Gasteiger partial charge on any atom is -0.481 e. The lowest BCUT2D eigenvalue weighted by Crippen LogP contribution is -2.09. The van der Waals surface area contributed by atoms with E-state index in [2.05, 4.69) is 16.9 Å². The molecule has 0 spiro atoms. The molecule has 4 nitrogen and oxygen atoms in total. The maximum absolute atomic E-state index is 10.6. The number of aryl methyl sites for hydroxylation is 1. The number of rotatable bonds is 4. The molecule has 0 fully saturated rings. The number of nitrogens with one attached hydrogen (secondary N) is 1. The van der Waals surface area contributed by atoms with Crippen molar-refractivity contribution >= 4 is 5.97 Å². The summed E-state index contributed by atoms with van der Waals surface area (Å²) in [7, 11) is 0. The number of carboxylic acids is 1. The molecule has 1 aromatic heterocycles. The fraction of sp³-hybridized carbons (Fsp3) is 0.556. The van der Waals surface area contributed by atoms with Crippen molar-refractivity contribution in [1.29, 1.82) is 0 Å². The van der Waals surface area contributed by atoms with Gasteiger partial charge in [0.05, 0.1) is 0 Å². The van der Waals surface area contributed by atoms with Gasteiger partial charge in [0.25, 0.3) is 0 Å². The first kappa shape index (κ1) is 9.77. The number of carbonyl (C=O) groups is 1. The summed E-state index contributed by atoms with van der Waals surface area (Å²) in [4.78, 5) is 17.6. The lowest BCUT2D eigenvalue weighted by molar-refractivity contribution is -0.138. The summed E-state index contributed by atoms with van der Waals surface area (Å²) < 4.78 is 0. The Kier molecular flexibility index (Phi) is 3.06. The van der Waals surface area contributed by atoms with Gasteiger partial charge < -0.3 is 10.1 Å². The summed E-state index contributed by atoms with van der Waals surface area (Å²) in [6.07, 6.45) is 3.65. The molecule has 4 heteroatoms. The van der Waals surface area contributed by atoms with E-state index in [1.807, 2.05) is 0 Å². The van der Waals surface area contributed by atoms with Gasteiger partial charge in [-0.3, -0.25) is 4.79 Å². The Labute approximate surface area is 77.0 Å². The third kappa shape index (κ3) is 2.31. The van der Waals surface area contributed by atoms with Gasteiger partial charge in [-0.15, -0.1) is 0 Å². The van der Waals surface area contributed by atoms with E-state index in [9.17, 15) is 4.79 Å². The lowest BCUT2D eigenvalue weighted by Gasteiger charge is -2.00. The van der Waals surface area contributed by atoms with Crippen molar-refractivity contribution in [3.8, 4) is 0 Å². The van der Waals surface area contributed by atoms with Gasteiger partial charge in [0.1, 0.15) is 11.7 Å². The lowest BCUT2D eigenvalue weighted by atomic mass is 10.2. The molecule has 0 aliphatic carbocycles. The van der Waals surface area contributed by atoms with Crippen LogP contribution in [0, 0.1) is 0 Å². The first-order valence-electron chi connectivity index (χ1n) is 4.41. The molecule has 0 bridgehead atoms. The molecule has 0 aliphatic heterocycles. The summed E-state index contributed by atoms with van der Waals surface area (Å²) in [6, 6.07) is 0. The van der Waals surface area contributed by atoms with Crippen LogP contribution >= 0.6 is 0 Å². The number of hydrogen-bond acceptors (Lipinski definition) is 2. The molecule has 0 aromatic carbocycles. The summed E-state index contributed by atoms with van der Waals surface area (Å²) in [5.74, 6) is -0.862. The Morgan fingerprint density at radius 3 is 3.00 bits per heavy atom. The topological polar surface area (TPSA) is 66.0 Å². The number of H-pyrrole nitrogens is 1. The van der Waals surface area contributed by atoms with Crippen LogP contribution in [0.25, 0.3) is 0 Å². The Balaban J connectivity index is 2.73. The van der Waals surface area contributed by atoms with E-state index in [0.717, 1.165) is 18.5 Å². The molecule has 1 aromatic rings. The molecule has 0 amide bonds. The van der Waals surface area contributed by atoms with Gasteiger partial charge in [-0.1, -0.05) is 13.3 Å². The highest BCUT2D eigenvalue weighted by Crippen LogP contribution is 2.11. The van der Waals surface area contributed by atoms with Crippen molar-refractivity contribution in [3.63, 3.8) is 0 Å². The molecule has 1 atom stereocenters. The third-order valence-corrected chi connectivity index (χ3v) is 1.95. The SMILES string of the molecule is CCCc1cnc(C(C)C(=O)O)[nH]1. The number of aromatic nitrogens is 2. The molecule has 1 rings (SSSR count). The molecule has 0 saturated carbocycles. The highest BCUT2D eigenvalue weighted by atomic mass is 16.4. The second kappa shape index (κ2) is 4.07. The quantitative estimate of drug-likeness (QED) is 0.742. The number of aliphatic carboxylic acids is 1. The van der Waals surface area contributed by atoms with E-state index >= 15 is 0 Å². The van der Waals surface area contributed by atoms with Crippen molar-refractivity contribution in [2.45, 2.75) is 32.6 Å². The Morgan fingerprint density at radius 2 is 2.46 bits per heavy atom. The number of carboxylic acid groups (broad SMARTS) is 1. The van der Waals surface area contributed by atoms with Crippen molar-refractivity contribution < 1.29 is 9.90 Å². The van der Waals surface area contributed by atoms with Crippen LogP contribution in [-0.2, 0) is 11.2 Å². The van der Waals surface area contributed by atoms with E-state index in [1.54, 1.807) is 13.1 Å². The minimum atomic E-state index is -0.850. The van der Waals surface area contributed by atoms with Crippen molar-refractivity contribution in [1.82, 2.24) is 9.97 Å². The predicted octanol–water partition coefficient (Wildman–Crippen LogP) is 1.55. The minimum absolute atomic E-state index is 0.538. The average molecular weight is 182 g/mol. The first-order valence-corrected chi connectivity index (χ1v) is 4.41. The van der Waals surface area contributed by atoms with Crippen molar-refractivity contribution in [3.05, 3.63) is 17.7 Å². The molecule has 0 aliphatic rings. The largest absolute Gasteiger partial charge is 0.481 e. The number of aromatic amines is 1. The van der Waals surface area contributed by atoms with Crippen LogP contribution in [0.1, 0.15) is 37.7 Å². The molecular weight excluding hydrogens is 168 g/mol. The Morgan fingerprint density at radius 1 is 1.77 bits per heavy atom. The van der Waals surface area contributed by atoms with Gasteiger partial charge in [-0.25, -0.2) is 4.98 Å². The summed E-state index contributed by atoms with van der Waals surface area (Å²) in [5.41, 5.74) is 1.01. The van der Waals surface area contributed by atoms with Gasteiger partial charge in [-0.05, 0) is 13.3 Å². The highest BCUT2D eigenvalue weighted by Gasteiger charge is 2.16. The molecule has 2 N–H and O–H groups in total. The standard InChI is InChI=1S/C9H14N2O2/c1-3-4-7-5-10-8(11-7)6(2)9(12)13/h5-6H,3-4H2,1-2H3,(H,10,11)(H,12,13). The van der Waals surface area contributed by atoms with E-state index in [4.69, 9.17) is 5.11 Å². The van der Waals surface area contributed by atoms with Gasteiger partial charge in [0.2, 0.25) is 0 Å². The number of nitrogens with zero attached hydrogens (tertiary/aromatic N) is 1. The first-order chi connectivity index (χ1) is 6.15. The van der Waals surface area contributed by atoms with Crippen molar-refractivity contribution in [2.75, 3.05) is 0 Å². The molecule has 0 radical (unpaired) electrons. The van der Waals surface area contributed by atoms with Gasteiger partial charge in [0, 0.05) is 11.9 Å². The fourth-order valence-electron chi connectivity index (χ4n) is 1.11. The molecule has 0 saturated heterocycles. The highest BCUT2D eigenvalue weighted by molar-refractivity contribution is 5.74. The summed E-state index contributed by atoms with van der Waals surface area (Å²) >= 11 is 0. The Bertz CT molecular complexity index is 294. The van der Waals surface area contributed by atoms with E-state index in [1.165, 1.54) is 0 Å². The average Bonchev–Trinajstić information content (AvgIpc) is 2.52. The molecule has 13 heavy (non-hydrogen) atoms. The fourth-order valence-corrected chi connectivity index (χ4v) is 1.11. The van der Waals surface area contributed by atoms with Crippen LogP contribution in [0.15, 0.2) is 6.20 Å². The zero-order chi connectivity index (χ0) is 9.84. The zero-order valence-corrected chi connectivity index (χ0v) is 7.87. The van der Waals surface area contributed by atoms with E-state index < -0.39 is 11.9 Å². The van der Waals surface area contributed by atoms with Crippen LogP contribution < -0.4 is 0 Å². The Hall–Kier alpha value is -1.32. The monoisotopic (exact) mass is 182 g/mol. The van der Waals surface area contributed by atoms with Crippen LogP contribution in [0.2, 0.25) is 0 Å². The smallest absolute Gasteiger partial charge is 0.313 e. The van der Waals surface area contributed by atoms with Crippen LogP contribution in [0.3, 0.4) is 0 Å². The maximum Gasteiger partial charge on any atom is 0.313 e. The van der Waals surface area contributed by atoms with E-state index in [0.29, 0.717) is 5.82 Å². The van der Waals surface area contributed by atoms with Crippen LogP contribution in [0.4, 0.5) is 0 Å². The normalized spacial score (nSPS) is 12.8. The summed E-state index contributed by atoms with van der Waals surface area (Å²) in [6.45, 7) is 3.69. The molecule has 72 valence electrons. The number of hydrogen-bond donors (Lipinski definition) is 2. The maximum atomic E-state index is 10.6. The second-order valence-corrected chi connectivity index (χ2v) is 3.10. The molecular formula is C9H14N2O2. The van der Waals surface area contributed by atoms with Crippen molar-refractivity contribution in [2.24, 2.45) is 0 Å². The number of imidazole rings is 1.